The second-order valence-corrected chi connectivity index (χ2v) is 6.42. The fourth-order valence-corrected chi connectivity index (χ4v) is 2.88. The van der Waals surface area contributed by atoms with E-state index in [2.05, 4.69) is 32.2 Å². The van der Waals surface area contributed by atoms with Gasteiger partial charge >= 0.3 is 0 Å². The molecule has 0 spiro atoms. The average molecular weight is 286 g/mol. The Morgan fingerprint density at radius 3 is 2.76 bits per heavy atom. The highest BCUT2D eigenvalue weighted by Gasteiger charge is 2.58. The first-order valence-corrected chi connectivity index (χ1v) is 7.16. The quantitative estimate of drug-likeness (QED) is 0.925. The molecule has 0 radical (unpaired) electrons. The van der Waals surface area contributed by atoms with Gasteiger partial charge in [-0.2, -0.15) is 5.26 Å². The number of carbonyl (C=O) groups is 1. The van der Waals surface area contributed by atoms with Crippen molar-refractivity contribution in [2.45, 2.75) is 45.3 Å². The zero-order valence-corrected chi connectivity index (χ0v) is 13.1. The zero-order valence-electron chi connectivity index (χ0n) is 13.1. The van der Waals surface area contributed by atoms with Gasteiger partial charge in [0, 0.05) is 24.1 Å². The Hall–Kier alpha value is -1.86. The average Bonchev–Trinajstić information content (AvgIpc) is 2.47. The fourth-order valence-electron chi connectivity index (χ4n) is 2.88. The third kappa shape index (κ3) is 2.66. The molecule has 1 saturated carbocycles. The maximum Gasteiger partial charge on any atom is 0.251 e. The highest BCUT2D eigenvalue weighted by molar-refractivity contribution is 5.94. The summed E-state index contributed by atoms with van der Waals surface area (Å²) in [5.74, 6) is -0.0917. The summed E-state index contributed by atoms with van der Waals surface area (Å²) < 4.78 is 5.57. The van der Waals surface area contributed by atoms with E-state index in [0.717, 1.165) is 12.0 Å². The Balaban J connectivity index is 2.07. The minimum absolute atomic E-state index is 0.0917. The van der Waals surface area contributed by atoms with Gasteiger partial charge in [-0.3, -0.25) is 4.79 Å². The van der Waals surface area contributed by atoms with E-state index >= 15 is 0 Å². The molecule has 0 unspecified atom stereocenters. The van der Waals surface area contributed by atoms with Gasteiger partial charge in [-0.1, -0.05) is 26.0 Å². The van der Waals surface area contributed by atoms with Crippen LogP contribution in [0.25, 0.3) is 0 Å². The lowest BCUT2D eigenvalue weighted by Gasteiger charge is -2.59. The molecule has 21 heavy (non-hydrogen) atoms. The number of amides is 1. The first-order valence-electron chi connectivity index (χ1n) is 7.16. The minimum atomic E-state index is -0.201. The van der Waals surface area contributed by atoms with Crippen molar-refractivity contribution in [1.29, 1.82) is 5.26 Å². The SMILES string of the molecule is CO[C@@]1(C)C[C@@H](NC(=O)c2cccc(CC#N)c2)C1(C)C. The predicted molar refractivity (Wildman–Crippen MR) is 80.8 cm³/mol. The van der Waals surface area contributed by atoms with E-state index < -0.39 is 0 Å². The summed E-state index contributed by atoms with van der Waals surface area (Å²) in [7, 11) is 1.71. The van der Waals surface area contributed by atoms with Crippen LogP contribution in [-0.4, -0.2) is 24.7 Å². The standard InChI is InChI=1S/C17H22N2O2/c1-16(2)14(11-17(16,3)21-4)19-15(20)13-7-5-6-12(10-13)8-9-18/h5-7,10,14H,8,11H2,1-4H3,(H,19,20)/t14-,17+/m1/s1. The molecule has 1 fully saturated rings. The number of hydrogen-bond donors (Lipinski definition) is 1. The van der Waals surface area contributed by atoms with Crippen LogP contribution in [-0.2, 0) is 11.2 Å². The molecule has 0 bridgehead atoms. The fraction of sp³-hybridized carbons (Fsp3) is 0.529. The summed E-state index contributed by atoms with van der Waals surface area (Å²) in [4.78, 5) is 12.4. The highest BCUT2D eigenvalue weighted by atomic mass is 16.5. The van der Waals surface area contributed by atoms with Crippen molar-refractivity contribution in [3.63, 3.8) is 0 Å². The molecule has 0 aliphatic heterocycles. The van der Waals surface area contributed by atoms with Crippen molar-refractivity contribution >= 4 is 5.91 Å². The first-order chi connectivity index (χ1) is 9.84. The number of rotatable bonds is 4. The molecule has 2 atom stereocenters. The second-order valence-electron chi connectivity index (χ2n) is 6.42. The van der Waals surface area contributed by atoms with Gasteiger partial charge < -0.3 is 10.1 Å². The number of benzene rings is 1. The summed E-state index contributed by atoms with van der Waals surface area (Å²) in [6.45, 7) is 6.29. The molecule has 1 amide bonds. The van der Waals surface area contributed by atoms with Crippen molar-refractivity contribution in [1.82, 2.24) is 5.32 Å². The van der Waals surface area contributed by atoms with Crippen molar-refractivity contribution in [3.05, 3.63) is 35.4 Å². The van der Waals surface area contributed by atoms with Gasteiger partial charge in [0.1, 0.15) is 0 Å². The number of hydrogen-bond acceptors (Lipinski definition) is 3. The Kier molecular flexibility index (Phi) is 4.06. The van der Waals surface area contributed by atoms with E-state index in [1.54, 1.807) is 19.2 Å². The molecule has 1 aliphatic rings. The van der Waals surface area contributed by atoms with E-state index in [-0.39, 0.29) is 23.0 Å². The van der Waals surface area contributed by atoms with E-state index in [0.29, 0.717) is 12.0 Å². The summed E-state index contributed by atoms with van der Waals surface area (Å²) in [5, 5.41) is 11.8. The van der Waals surface area contributed by atoms with Gasteiger partial charge in [0.25, 0.3) is 5.91 Å². The number of methoxy groups -OCH3 is 1. The molecular weight excluding hydrogens is 264 g/mol. The molecule has 1 N–H and O–H groups in total. The van der Waals surface area contributed by atoms with Gasteiger partial charge in [-0.05, 0) is 31.0 Å². The van der Waals surface area contributed by atoms with Gasteiger partial charge in [-0.15, -0.1) is 0 Å². The Bertz CT molecular complexity index is 589. The van der Waals surface area contributed by atoms with Crippen LogP contribution >= 0.6 is 0 Å². The van der Waals surface area contributed by atoms with Crippen molar-refractivity contribution in [3.8, 4) is 6.07 Å². The van der Waals surface area contributed by atoms with E-state index in [1.165, 1.54) is 0 Å². The number of nitrogens with zero attached hydrogens (tertiary/aromatic N) is 1. The van der Waals surface area contributed by atoms with Crippen LogP contribution in [0.5, 0.6) is 0 Å². The summed E-state index contributed by atoms with van der Waals surface area (Å²) in [6, 6.07) is 9.41. The van der Waals surface area contributed by atoms with Crippen LogP contribution in [0.2, 0.25) is 0 Å². The summed E-state index contributed by atoms with van der Waals surface area (Å²) >= 11 is 0. The van der Waals surface area contributed by atoms with E-state index in [9.17, 15) is 4.79 Å². The number of carbonyl (C=O) groups excluding carboxylic acids is 1. The van der Waals surface area contributed by atoms with Crippen LogP contribution in [0.1, 0.15) is 43.1 Å². The van der Waals surface area contributed by atoms with Crippen molar-refractivity contribution in [2.24, 2.45) is 5.41 Å². The lowest BCUT2D eigenvalue weighted by atomic mass is 9.56. The molecule has 0 heterocycles. The molecule has 0 saturated heterocycles. The molecule has 1 aromatic carbocycles. The molecule has 1 aliphatic carbocycles. The maximum atomic E-state index is 12.4. The third-order valence-electron chi connectivity index (χ3n) is 5.06. The molecule has 2 rings (SSSR count). The van der Waals surface area contributed by atoms with E-state index in [1.807, 2.05) is 12.1 Å². The smallest absolute Gasteiger partial charge is 0.251 e. The Morgan fingerprint density at radius 2 is 2.19 bits per heavy atom. The van der Waals surface area contributed by atoms with Gasteiger partial charge in [0.2, 0.25) is 0 Å². The van der Waals surface area contributed by atoms with Crippen LogP contribution in [0.3, 0.4) is 0 Å². The zero-order chi connectivity index (χ0) is 15.7. The van der Waals surface area contributed by atoms with Crippen molar-refractivity contribution < 1.29 is 9.53 Å². The lowest BCUT2D eigenvalue weighted by molar-refractivity contribution is -0.177. The minimum Gasteiger partial charge on any atom is -0.378 e. The number of nitrogens with one attached hydrogen (secondary N) is 1. The van der Waals surface area contributed by atoms with Gasteiger partial charge in [0.05, 0.1) is 18.1 Å². The summed E-state index contributed by atoms with van der Waals surface area (Å²) in [6.07, 6.45) is 1.12. The monoisotopic (exact) mass is 286 g/mol. The lowest BCUT2D eigenvalue weighted by Crippen LogP contribution is -2.68. The van der Waals surface area contributed by atoms with Crippen LogP contribution in [0, 0.1) is 16.7 Å². The van der Waals surface area contributed by atoms with E-state index in [4.69, 9.17) is 10.00 Å². The molecule has 1 aromatic rings. The molecule has 4 nitrogen and oxygen atoms in total. The number of nitriles is 1. The normalized spacial score (nSPS) is 26.5. The Labute approximate surface area is 126 Å². The van der Waals surface area contributed by atoms with Crippen LogP contribution < -0.4 is 5.32 Å². The maximum absolute atomic E-state index is 12.4. The summed E-state index contributed by atoms with van der Waals surface area (Å²) in [5.41, 5.74) is 1.15. The second kappa shape index (κ2) is 5.50. The highest BCUT2D eigenvalue weighted by Crippen LogP contribution is 2.51. The third-order valence-corrected chi connectivity index (χ3v) is 5.06. The van der Waals surface area contributed by atoms with Crippen molar-refractivity contribution in [2.75, 3.05) is 7.11 Å². The van der Waals surface area contributed by atoms with Gasteiger partial charge in [-0.25, -0.2) is 0 Å². The topological polar surface area (TPSA) is 62.1 Å². The van der Waals surface area contributed by atoms with Gasteiger partial charge in [0.15, 0.2) is 0 Å². The first kappa shape index (κ1) is 15.5. The molecule has 4 heteroatoms. The molecule has 112 valence electrons. The molecular formula is C17H22N2O2. The van der Waals surface area contributed by atoms with Crippen LogP contribution in [0.15, 0.2) is 24.3 Å². The van der Waals surface area contributed by atoms with Crippen LogP contribution in [0.4, 0.5) is 0 Å². The largest absolute Gasteiger partial charge is 0.378 e. The predicted octanol–water partition coefficient (Wildman–Crippen LogP) is 2.69. The molecule has 0 aromatic heterocycles. The number of ether oxygens (including phenoxy) is 1. The Morgan fingerprint density at radius 1 is 1.48 bits per heavy atom.